The zero-order chi connectivity index (χ0) is 12.8. The summed E-state index contributed by atoms with van der Waals surface area (Å²) in [5, 5.41) is 7.31. The zero-order valence-corrected chi connectivity index (χ0v) is 11.2. The van der Waals surface area contributed by atoms with E-state index >= 15 is 0 Å². The molecule has 0 amide bonds. The highest BCUT2D eigenvalue weighted by Crippen LogP contribution is 2.12. The van der Waals surface area contributed by atoms with E-state index in [0.29, 0.717) is 6.61 Å². The van der Waals surface area contributed by atoms with Gasteiger partial charge in [-0.3, -0.25) is 10.3 Å². The van der Waals surface area contributed by atoms with Crippen LogP contribution in [0.1, 0.15) is 5.56 Å². The molecule has 1 aliphatic rings. The van der Waals surface area contributed by atoms with E-state index in [4.69, 9.17) is 15.9 Å². The SMILES string of the molecule is N=C(N)c1ccc(OCCN2CCSCC2)cc1. The Morgan fingerprint density at radius 2 is 1.94 bits per heavy atom. The highest BCUT2D eigenvalue weighted by atomic mass is 32.2. The average Bonchev–Trinajstić information content (AvgIpc) is 2.40. The summed E-state index contributed by atoms with van der Waals surface area (Å²) in [7, 11) is 0. The summed E-state index contributed by atoms with van der Waals surface area (Å²) < 4.78 is 5.68. The summed E-state index contributed by atoms with van der Waals surface area (Å²) in [6.07, 6.45) is 0. The summed E-state index contributed by atoms with van der Waals surface area (Å²) >= 11 is 2.02. The topological polar surface area (TPSA) is 62.3 Å². The molecule has 1 saturated heterocycles. The van der Waals surface area contributed by atoms with Crippen LogP contribution in [0.4, 0.5) is 0 Å². The van der Waals surface area contributed by atoms with Crippen LogP contribution in [0.25, 0.3) is 0 Å². The first kappa shape index (κ1) is 13.2. The second kappa shape index (κ2) is 6.66. The molecule has 1 aromatic carbocycles. The maximum atomic E-state index is 7.31. The van der Waals surface area contributed by atoms with Crippen molar-refractivity contribution < 1.29 is 4.74 Å². The van der Waals surface area contributed by atoms with Gasteiger partial charge in [0.1, 0.15) is 18.2 Å². The average molecular weight is 265 g/mol. The van der Waals surface area contributed by atoms with Crippen LogP contribution in [0.2, 0.25) is 0 Å². The molecule has 0 radical (unpaired) electrons. The normalized spacial score (nSPS) is 16.4. The lowest BCUT2D eigenvalue weighted by Gasteiger charge is -2.25. The second-order valence-corrected chi connectivity index (χ2v) is 5.47. The van der Waals surface area contributed by atoms with Crippen LogP contribution in [-0.4, -0.2) is 48.5 Å². The van der Waals surface area contributed by atoms with Crippen LogP contribution in [0.3, 0.4) is 0 Å². The fourth-order valence-corrected chi connectivity index (χ4v) is 2.83. The lowest BCUT2D eigenvalue weighted by Crippen LogP contribution is -2.35. The van der Waals surface area contributed by atoms with Crippen LogP contribution in [-0.2, 0) is 0 Å². The van der Waals surface area contributed by atoms with Crippen molar-refractivity contribution >= 4 is 17.6 Å². The number of nitrogen functional groups attached to an aromatic ring is 1. The van der Waals surface area contributed by atoms with E-state index in [2.05, 4.69) is 4.90 Å². The van der Waals surface area contributed by atoms with Gasteiger partial charge in [0, 0.05) is 36.7 Å². The van der Waals surface area contributed by atoms with Gasteiger partial charge in [-0.2, -0.15) is 11.8 Å². The smallest absolute Gasteiger partial charge is 0.122 e. The standard InChI is InChI=1S/C13H19N3OS/c14-13(15)11-1-3-12(4-2-11)17-8-5-16-6-9-18-10-7-16/h1-4H,5-10H2,(H3,14,15). The Morgan fingerprint density at radius 1 is 1.28 bits per heavy atom. The molecule has 18 heavy (non-hydrogen) atoms. The molecule has 2 rings (SSSR count). The van der Waals surface area contributed by atoms with Crippen molar-refractivity contribution in [3.63, 3.8) is 0 Å². The molecule has 3 N–H and O–H groups in total. The number of hydrogen-bond donors (Lipinski definition) is 2. The van der Waals surface area contributed by atoms with E-state index in [1.54, 1.807) is 0 Å². The quantitative estimate of drug-likeness (QED) is 0.624. The van der Waals surface area contributed by atoms with Crippen molar-refractivity contribution in [2.45, 2.75) is 0 Å². The molecule has 0 bridgehead atoms. The van der Waals surface area contributed by atoms with Crippen molar-refractivity contribution in [3.05, 3.63) is 29.8 Å². The zero-order valence-electron chi connectivity index (χ0n) is 10.4. The third-order valence-electron chi connectivity index (χ3n) is 2.95. The molecule has 0 spiro atoms. The number of amidine groups is 1. The molecule has 5 heteroatoms. The number of ether oxygens (including phenoxy) is 1. The molecule has 1 aromatic rings. The first-order valence-corrected chi connectivity index (χ1v) is 7.28. The Morgan fingerprint density at radius 3 is 2.56 bits per heavy atom. The van der Waals surface area contributed by atoms with Gasteiger partial charge in [0.05, 0.1) is 0 Å². The second-order valence-electron chi connectivity index (χ2n) is 4.24. The number of nitrogens with two attached hydrogens (primary N) is 1. The number of hydrogen-bond acceptors (Lipinski definition) is 4. The first-order valence-electron chi connectivity index (χ1n) is 6.13. The highest BCUT2D eigenvalue weighted by Gasteiger charge is 2.09. The number of thioether (sulfide) groups is 1. The summed E-state index contributed by atoms with van der Waals surface area (Å²) in [4.78, 5) is 2.43. The van der Waals surface area contributed by atoms with Crippen LogP contribution >= 0.6 is 11.8 Å². The highest BCUT2D eigenvalue weighted by molar-refractivity contribution is 7.99. The molecule has 4 nitrogen and oxygen atoms in total. The predicted octanol–water partition coefficient (Wildman–Crippen LogP) is 1.40. The molecule has 98 valence electrons. The minimum atomic E-state index is 0.0902. The molecule has 0 unspecified atom stereocenters. The Balaban J connectivity index is 1.74. The third-order valence-corrected chi connectivity index (χ3v) is 3.89. The van der Waals surface area contributed by atoms with Crippen LogP contribution in [0.15, 0.2) is 24.3 Å². The molecule has 0 aliphatic carbocycles. The van der Waals surface area contributed by atoms with Crippen LogP contribution < -0.4 is 10.5 Å². The Hall–Kier alpha value is -1.20. The summed E-state index contributed by atoms with van der Waals surface area (Å²) in [5.41, 5.74) is 6.13. The molecular formula is C13H19N3OS. The number of nitrogens with one attached hydrogen (secondary N) is 1. The van der Waals surface area contributed by atoms with Gasteiger partial charge < -0.3 is 10.5 Å². The van der Waals surface area contributed by atoms with Gasteiger partial charge in [0.25, 0.3) is 0 Å². The van der Waals surface area contributed by atoms with E-state index in [1.807, 2.05) is 36.0 Å². The molecule has 1 fully saturated rings. The molecule has 0 saturated carbocycles. The maximum Gasteiger partial charge on any atom is 0.122 e. The van der Waals surface area contributed by atoms with Crippen molar-refractivity contribution in [1.82, 2.24) is 4.90 Å². The lowest BCUT2D eigenvalue weighted by atomic mass is 10.2. The van der Waals surface area contributed by atoms with Gasteiger partial charge in [-0.25, -0.2) is 0 Å². The predicted molar refractivity (Wildman–Crippen MR) is 76.7 cm³/mol. The van der Waals surface area contributed by atoms with E-state index in [1.165, 1.54) is 11.5 Å². The van der Waals surface area contributed by atoms with E-state index in [-0.39, 0.29) is 5.84 Å². The van der Waals surface area contributed by atoms with Crippen LogP contribution in [0.5, 0.6) is 5.75 Å². The Bertz CT molecular complexity index is 388. The van der Waals surface area contributed by atoms with Crippen molar-refractivity contribution in [2.75, 3.05) is 37.7 Å². The van der Waals surface area contributed by atoms with Gasteiger partial charge in [0.15, 0.2) is 0 Å². The summed E-state index contributed by atoms with van der Waals surface area (Å²) in [5.74, 6) is 3.39. The van der Waals surface area contributed by atoms with Crippen molar-refractivity contribution in [2.24, 2.45) is 5.73 Å². The Labute approximate surface area is 112 Å². The summed E-state index contributed by atoms with van der Waals surface area (Å²) in [6.45, 7) is 4.02. The fraction of sp³-hybridized carbons (Fsp3) is 0.462. The molecule has 1 heterocycles. The third kappa shape index (κ3) is 3.92. The van der Waals surface area contributed by atoms with E-state index in [0.717, 1.165) is 30.9 Å². The monoisotopic (exact) mass is 265 g/mol. The summed E-state index contributed by atoms with van der Waals surface area (Å²) in [6, 6.07) is 7.36. The number of nitrogens with zero attached hydrogens (tertiary/aromatic N) is 1. The van der Waals surface area contributed by atoms with Gasteiger partial charge in [0.2, 0.25) is 0 Å². The molecule has 0 atom stereocenters. The van der Waals surface area contributed by atoms with E-state index in [9.17, 15) is 0 Å². The van der Waals surface area contributed by atoms with Gasteiger partial charge >= 0.3 is 0 Å². The largest absolute Gasteiger partial charge is 0.492 e. The van der Waals surface area contributed by atoms with Gasteiger partial charge in [-0.1, -0.05) is 0 Å². The minimum Gasteiger partial charge on any atom is -0.492 e. The lowest BCUT2D eigenvalue weighted by molar-refractivity contribution is 0.222. The van der Waals surface area contributed by atoms with Crippen LogP contribution in [0, 0.1) is 5.41 Å². The Kier molecular flexibility index (Phi) is 4.90. The maximum absolute atomic E-state index is 7.31. The minimum absolute atomic E-state index is 0.0902. The number of benzene rings is 1. The van der Waals surface area contributed by atoms with Gasteiger partial charge in [-0.15, -0.1) is 0 Å². The number of rotatable bonds is 5. The van der Waals surface area contributed by atoms with Crippen molar-refractivity contribution in [3.8, 4) is 5.75 Å². The van der Waals surface area contributed by atoms with Crippen molar-refractivity contribution in [1.29, 1.82) is 5.41 Å². The molecule has 1 aliphatic heterocycles. The molecular weight excluding hydrogens is 246 g/mol. The fourth-order valence-electron chi connectivity index (χ4n) is 1.85. The van der Waals surface area contributed by atoms with E-state index < -0.39 is 0 Å². The molecule has 0 aromatic heterocycles. The first-order chi connectivity index (χ1) is 8.75. The van der Waals surface area contributed by atoms with Gasteiger partial charge in [-0.05, 0) is 24.3 Å².